The zero-order valence-corrected chi connectivity index (χ0v) is 13.0. The third-order valence-corrected chi connectivity index (χ3v) is 4.81. The maximum atomic E-state index is 12.7. The van der Waals surface area contributed by atoms with Crippen molar-refractivity contribution < 1.29 is 4.79 Å². The molecule has 3 rings (SSSR count). The van der Waals surface area contributed by atoms with Gasteiger partial charge in [-0.25, -0.2) is 0 Å². The molecule has 4 heteroatoms. The van der Waals surface area contributed by atoms with Crippen LogP contribution in [0.4, 0.5) is 0 Å². The van der Waals surface area contributed by atoms with Crippen molar-refractivity contribution in [2.24, 2.45) is 0 Å². The average Bonchev–Trinajstić information content (AvgIpc) is 3.26. The first kappa shape index (κ1) is 14.5. The molecule has 1 saturated heterocycles. The number of nitrogens with zero attached hydrogens (tertiary/aromatic N) is 2. The van der Waals surface area contributed by atoms with E-state index in [2.05, 4.69) is 36.2 Å². The zero-order valence-electron chi connectivity index (χ0n) is 13.0. The summed E-state index contributed by atoms with van der Waals surface area (Å²) < 4.78 is 0. The number of hydrogen-bond acceptors (Lipinski definition) is 3. The van der Waals surface area contributed by atoms with Gasteiger partial charge in [-0.3, -0.25) is 10.1 Å². The fourth-order valence-corrected chi connectivity index (χ4v) is 3.19. The van der Waals surface area contributed by atoms with E-state index in [9.17, 15) is 4.79 Å². The third-order valence-electron chi connectivity index (χ3n) is 4.81. The number of likely N-dealkylation sites (N-methyl/N-ethyl adjacent to an activating group) is 1. The summed E-state index contributed by atoms with van der Waals surface area (Å²) in [4.78, 5) is 17.1. The van der Waals surface area contributed by atoms with Crippen molar-refractivity contribution in [2.75, 3.05) is 26.2 Å². The lowest BCUT2D eigenvalue weighted by molar-refractivity contribution is -0.131. The Bertz CT molecular complexity index is 494. The van der Waals surface area contributed by atoms with Crippen molar-refractivity contribution in [3.8, 4) is 0 Å². The lowest BCUT2D eigenvalue weighted by Gasteiger charge is -2.27. The van der Waals surface area contributed by atoms with Gasteiger partial charge in [0.05, 0.1) is 0 Å². The quantitative estimate of drug-likeness (QED) is 0.869. The first-order chi connectivity index (χ1) is 10.2. The standard InChI is InChI=1S/C17H25N3O/c1-3-19(4-2)12-13-20-15(14-8-6-5-7-9-14)18-17(10-11-17)16(20)21/h5-9,15,18H,3-4,10-13H2,1-2H3. The van der Waals surface area contributed by atoms with Crippen LogP contribution < -0.4 is 5.32 Å². The highest BCUT2D eigenvalue weighted by atomic mass is 16.2. The van der Waals surface area contributed by atoms with Crippen molar-refractivity contribution in [1.82, 2.24) is 15.1 Å². The molecule has 1 aliphatic heterocycles. The van der Waals surface area contributed by atoms with Crippen molar-refractivity contribution >= 4 is 5.91 Å². The minimum Gasteiger partial charge on any atom is -0.320 e. The Morgan fingerprint density at radius 3 is 2.48 bits per heavy atom. The molecule has 0 bridgehead atoms. The van der Waals surface area contributed by atoms with Crippen LogP contribution in [0, 0.1) is 0 Å². The van der Waals surface area contributed by atoms with Crippen LogP contribution in [0.1, 0.15) is 38.4 Å². The van der Waals surface area contributed by atoms with E-state index in [-0.39, 0.29) is 11.7 Å². The molecule has 1 saturated carbocycles. The number of carbonyl (C=O) groups is 1. The molecule has 1 aromatic rings. The SMILES string of the molecule is CCN(CC)CCN1C(=O)C2(CC2)NC1c1ccccc1. The van der Waals surface area contributed by atoms with Crippen LogP contribution >= 0.6 is 0 Å². The molecular weight excluding hydrogens is 262 g/mol. The fourth-order valence-electron chi connectivity index (χ4n) is 3.19. The minimum absolute atomic E-state index is 0.0387. The highest BCUT2D eigenvalue weighted by molar-refractivity contribution is 5.92. The van der Waals surface area contributed by atoms with Crippen LogP contribution in [0.25, 0.3) is 0 Å². The van der Waals surface area contributed by atoms with Crippen LogP contribution in [0.15, 0.2) is 30.3 Å². The molecule has 0 radical (unpaired) electrons. The summed E-state index contributed by atoms with van der Waals surface area (Å²) in [6, 6.07) is 10.3. The van der Waals surface area contributed by atoms with E-state index in [1.54, 1.807) is 0 Å². The van der Waals surface area contributed by atoms with E-state index in [0.717, 1.165) is 39.0 Å². The molecule has 21 heavy (non-hydrogen) atoms. The average molecular weight is 287 g/mol. The number of carbonyl (C=O) groups excluding carboxylic acids is 1. The number of benzene rings is 1. The number of hydrogen-bond donors (Lipinski definition) is 1. The highest BCUT2D eigenvalue weighted by Crippen LogP contribution is 2.45. The van der Waals surface area contributed by atoms with E-state index in [1.165, 1.54) is 5.56 Å². The molecule has 2 fully saturated rings. The maximum Gasteiger partial charge on any atom is 0.244 e. The van der Waals surface area contributed by atoms with Gasteiger partial charge < -0.3 is 9.80 Å². The Morgan fingerprint density at radius 1 is 1.24 bits per heavy atom. The Hall–Kier alpha value is -1.39. The second kappa shape index (κ2) is 5.78. The number of nitrogens with one attached hydrogen (secondary N) is 1. The summed E-state index contributed by atoms with van der Waals surface area (Å²) in [5.74, 6) is 0.295. The van der Waals surface area contributed by atoms with Gasteiger partial charge in [0, 0.05) is 13.1 Å². The Kier molecular flexibility index (Phi) is 4.00. The molecular formula is C17H25N3O. The molecule has 0 aromatic heterocycles. The maximum absolute atomic E-state index is 12.7. The Labute approximate surface area is 127 Å². The summed E-state index contributed by atoms with van der Waals surface area (Å²) in [6.07, 6.45) is 2.00. The predicted octanol–water partition coefficient (Wildman–Crippen LogP) is 1.99. The summed E-state index contributed by atoms with van der Waals surface area (Å²) >= 11 is 0. The number of amides is 1. The van der Waals surface area contributed by atoms with Gasteiger partial charge in [0.2, 0.25) is 5.91 Å². The minimum atomic E-state index is -0.246. The van der Waals surface area contributed by atoms with Gasteiger partial charge in [-0.15, -0.1) is 0 Å². The van der Waals surface area contributed by atoms with Gasteiger partial charge >= 0.3 is 0 Å². The molecule has 1 aromatic carbocycles. The van der Waals surface area contributed by atoms with Crippen LogP contribution in [0.2, 0.25) is 0 Å². The third kappa shape index (κ3) is 2.70. The second-order valence-corrected chi connectivity index (χ2v) is 6.07. The highest BCUT2D eigenvalue weighted by Gasteiger charge is 2.59. The zero-order chi connectivity index (χ0) is 14.9. The summed E-state index contributed by atoms with van der Waals surface area (Å²) in [7, 11) is 0. The van der Waals surface area contributed by atoms with Crippen molar-refractivity contribution in [3.05, 3.63) is 35.9 Å². The molecule has 1 N–H and O–H groups in total. The van der Waals surface area contributed by atoms with Crippen LogP contribution in [0.3, 0.4) is 0 Å². The van der Waals surface area contributed by atoms with Crippen LogP contribution in [-0.4, -0.2) is 47.4 Å². The van der Waals surface area contributed by atoms with Gasteiger partial charge in [0.15, 0.2) is 0 Å². The molecule has 114 valence electrons. The number of rotatable bonds is 6. The molecule has 1 amide bonds. The molecule has 1 aliphatic carbocycles. The van der Waals surface area contributed by atoms with Gasteiger partial charge in [0.1, 0.15) is 11.7 Å². The van der Waals surface area contributed by atoms with Crippen molar-refractivity contribution in [1.29, 1.82) is 0 Å². The lowest BCUT2D eigenvalue weighted by Crippen LogP contribution is -2.38. The van der Waals surface area contributed by atoms with E-state index in [1.807, 2.05) is 23.1 Å². The van der Waals surface area contributed by atoms with Gasteiger partial charge in [-0.1, -0.05) is 44.2 Å². The van der Waals surface area contributed by atoms with Crippen molar-refractivity contribution in [3.63, 3.8) is 0 Å². The molecule has 1 heterocycles. The molecule has 1 spiro atoms. The van der Waals surface area contributed by atoms with E-state index >= 15 is 0 Å². The van der Waals surface area contributed by atoms with Crippen LogP contribution in [0.5, 0.6) is 0 Å². The Morgan fingerprint density at radius 2 is 1.90 bits per heavy atom. The van der Waals surface area contributed by atoms with Gasteiger partial charge in [-0.2, -0.15) is 0 Å². The largest absolute Gasteiger partial charge is 0.320 e. The second-order valence-electron chi connectivity index (χ2n) is 6.07. The molecule has 1 unspecified atom stereocenters. The first-order valence-electron chi connectivity index (χ1n) is 8.06. The van der Waals surface area contributed by atoms with Crippen molar-refractivity contribution in [2.45, 2.75) is 38.4 Å². The normalized spacial score (nSPS) is 23.3. The van der Waals surface area contributed by atoms with Crippen LogP contribution in [-0.2, 0) is 4.79 Å². The first-order valence-corrected chi connectivity index (χ1v) is 8.06. The monoisotopic (exact) mass is 287 g/mol. The Balaban J connectivity index is 1.76. The topological polar surface area (TPSA) is 35.6 Å². The molecule has 1 atom stereocenters. The predicted molar refractivity (Wildman–Crippen MR) is 83.8 cm³/mol. The molecule has 2 aliphatic rings. The summed E-state index contributed by atoms with van der Waals surface area (Å²) in [5, 5.41) is 3.58. The lowest BCUT2D eigenvalue weighted by atomic mass is 10.1. The molecule has 4 nitrogen and oxygen atoms in total. The van der Waals surface area contributed by atoms with Gasteiger partial charge in [-0.05, 0) is 31.5 Å². The van der Waals surface area contributed by atoms with E-state index < -0.39 is 0 Å². The van der Waals surface area contributed by atoms with E-state index in [0.29, 0.717) is 5.91 Å². The van der Waals surface area contributed by atoms with Gasteiger partial charge in [0.25, 0.3) is 0 Å². The van der Waals surface area contributed by atoms with E-state index in [4.69, 9.17) is 0 Å². The fraction of sp³-hybridized carbons (Fsp3) is 0.588. The summed E-state index contributed by atoms with van der Waals surface area (Å²) in [5.41, 5.74) is 0.943. The summed E-state index contributed by atoms with van der Waals surface area (Å²) in [6.45, 7) is 8.16. The smallest absolute Gasteiger partial charge is 0.244 e.